The molecule has 0 spiro atoms. The van der Waals surface area contributed by atoms with Crippen molar-refractivity contribution in [3.05, 3.63) is 71.6 Å². The summed E-state index contributed by atoms with van der Waals surface area (Å²) in [5, 5.41) is 0. The lowest BCUT2D eigenvalue weighted by Gasteiger charge is -2.36. The van der Waals surface area contributed by atoms with Gasteiger partial charge in [-0.25, -0.2) is 14.4 Å². The van der Waals surface area contributed by atoms with Gasteiger partial charge in [0.15, 0.2) is 0 Å². The summed E-state index contributed by atoms with van der Waals surface area (Å²) in [4.78, 5) is 30.8. The van der Waals surface area contributed by atoms with Crippen molar-refractivity contribution in [1.29, 1.82) is 0 Å². The Hall–Kier alpha value is -3.35. The van der Waals surface area contributed by atoms with Gasteiger partial charge in [0.05, 0.1) is 18.2 Å². The molecule has 166 valence electrons. The molecule has 1 saturated heterocycles. The molecule has 1 aliphatic heterocycles. The van der Waals surface area contributed by atoms with E-state index in [1.165, 1.54) is 12.1 Å². The molecule has 1 atom stereocenters. The third kappa shape index (κ3) is 4.61. The number of aromatic nitrogens is 3. The van der Waals surface area contributed by atoms with Gasteiger partial charge in [-0.05, 0) is 61.1 Å². The van der Waals surface area contributed by atoms with E-state index in [2.05, 4.69) is 9.97 Å². The largest absolute Gasteiger partial charge is 0.347 e. The number of pyridine rings is 1. The van der Waals surface area contributed by atoms with E-state index in [1.807, 2.05) is 49.3 Å². The molecule has 1 amide bonds. The van der Waals surface area contributed by atoms with Gasteiger partial charge in [-0.2, -0.15) is 0 Å². The minimum absolute atomic E-state index is 0.0114. The van der Waals surface area contributed by atoms with Crippen LogP contribution in [0.1, 0.15) is 42.1 Å². The number of hydrogen-bond acceptors (Lipinski definition) is 5. The van der Waals surface area contributed by atoms with Crippen molar-refractivity contribution in [1.82, 2.24) is 19.9 Å². The number of nitrogens with zero attached hydrogens (tertiary/aromatic N) is 5. The maximum Gasteiger partial charge on any atom is 0.227 e. The molecule has 32 heavy (non-hydrogen) atoms. The zero-order valence-electron chi connectivity index (χ0n) is 18.8. The SMILES string of the molecule is Cc1cnccc1-c1cnc(N(C)C)nc1C1CCCCN1C(=O)Cc1cccc(F)c1. The first kappa shape index (κ1) is 21.9. The van der Waals surface area contributed by atoms with Crippen LogP contribution in [-0.4, -0.2) is 46.4 Å². The summed E-state index contributed by atoms with van der Waals surface area (Å²) in [7, 11) is 3.81. The molecule has 1 fully saturated rings. The fourth-order valence-corrected chi connectivity index (χ4v) is 4.28. The van der Waals surface area contributed by atoms with E-state index in [1.54, 1.807) is 18.3 Å². The van der Waals surface area contributed by atoms with Crippen molar-refractivity contribution in [3.63, 3.8) is 0 Å². The van der Waals surface area contributed by atoms with Crippen molar-refractivity contribution in [2.24, 2.45) is 0 Å². The first-order valence-corrected chi connectivity index (χ1v) is 10.9. The summed E-state index contributed by atoms with van der Waals surface area (Å²) in [6.07, 6.45) is 8.40. The van der Waals surface area contributed by atoms with Gasteiger partial charge in [-0.3, -0.25) is 9.78 Å². The molecular weight excluding hydrogens is 405 g/mol. The van der Waals surface area contributed by atoms with E-state index in [4.69, 9.17) is 4.98 Å². The summed E-state index contributed by atoms with van der Waals surface area (Å²) in [5.74, 6) is 0.272. The van der Waals surface area contributed by atoms with E-state index >= 15 is 0 Å². The predicted molar refractivity (Wildman–Crippen MR) is 123 cm³/mol. The van der Waals surface area contributed by atoms with Crippen LogP contribution in [0.25, 0.3) is 11.1 Å². The van der Waals surface area contributed by atoms with Gasteiger partial charge >= 0.3 is 0 Å². The van der Waals surface area contributed by atoms with Crippen LogP contribution in [0.15, 0.2) is 48.9 Å². The van der Waals surface area contributed by atoms with Gasteiger partial charge in [0.25, 0.3) is 0 Å². The molecule has 6 nitrogen and oxygen atoms in total. The molecule has 2 aromatic heterocycles. The second-order valence-electron chi connectivity index (χ2n) is 8.46. The lowest BCUT2D eigenvalue weighted by molar-refractivity contribution is -0.134. The highest BCUT2D eigenvalue weighted by atomic mass is 19.1. The number of amides is 1. The van der Waals surface area contributed by atoms with Crippen LogP contribution in [0.3, 0.4) is 0 Å². The lowest BCUT2D eigenvalue weighted by Crippen LogP contribution is -2.40. The third-order valence-electron chi connectivity index (χ3n) is 5.90. The Bertz CT molecular complexity index is 1120. The topological polar surface area (TPSA) is 62.2 Å². The van der Waals surface area contributed by atoms with Gasteiger partial charge in [-0.1, -0.05) is 12.1 Å². The molecule has 1 unspecified atom stereocenters. The number of rotatable bonds is 5. The maximum absolute atomic E-state index is 13.6. The molecule has 4 rings (SSSR count). The average molecular weight is 434 g/mol. The van der Waals surface area contributed by atoms with Gasteiger partial charge in [-0.15, -0.1) is 0 Å². The quantitative estimate of drug-likeness (QED) is 0.599. The normalized spacial score (nSPS) is 16.1. The first-order valence-electron chi connectivity index (χ1n) is 10.9. The fourth-order valence-electron chi connectivity index (χ4n) is 4.28. The number of anilines is 1. The second-order valence-corrected chi connectivity index (χ2v) is 8.46. The Morgan fingerprint density at radius 2 is 2.03 bits per heavy atom. The van der Waals surface area contributed by atoms with Crippen molar-refractivity contribution in [2.45, 2.75) is 38.6 Å². The van der Waals surface area contributed by atoms with E-state index < -0.39 is 0 Å². The Morgan fingerprint density at radius 3 is 2.78 bits per heavy atom. The first-order chi connectivity index (χ1) is 15.4. The molecule has 0 radical (unpaired) electrons. The van der Waals surface area contributed by atoms with Crippen LogP contribution in [0.5, 0.6) is 0 Å². The predicted octanol–water partition coefficient (Wildman–Crippen LogP) is 4.35. The van der Waals surface area contributed by atoms with Gasteiger partial charge in [0, 0.05) is 44.8 Å². The third-order valence-corrected chi connectivity index (χ3v) is 5.90. The number of piperidine rings is 1. The molecule has 7 heteroatoms. The van der Waals surface area contributed by atoms with E-state index in [9.17, 15) is 9.18 Å². The number of benzene rings is 1. The highest BCUT2D eigenvalue weighted by Gasteiger charge is 2.32. The molecule has 1 aliphatic rings. The van der Waals surface area contributed by atoms with Crippen LogP contribution in [0.4, 0.5) is 10.3 Å². The maximum atomic E-state index is 13.6. The molecule has 3 aromatic rings. The van der Waals surface area contributed by atoms with Gasteiger partial charge in [0.2, 0.25) is 11.9 Å². The molecule has 3 heterocycles. The summed E-state index contributed by atoms with van der Waals surface area (Å²) in [6.45, 7) is 2.68. The Morgan fingerprint density at radius 1 is 1.19 bits per heavy atom. The highest BCUT2D eigenvalue weighted by Crippen LogP contribution is 2.37. The smallest absolute Gasteiger partial charge is 0.227 e. The Labute approximate surface area is 188 Å². The van der Waals surface area contributed by atoms with Crippen molar-refractivity contribution in [2.75, 3.05) is 25.5 Å². The van der Waals surface area contributed by atoms with Crippen LogP contribution < -0.4 is 4.90 Å². The van der Waals surface area contributed by atoms with Gasteiger partial charge < -0.3 is 9.80 Å². The monoisotopic (exact) mass is 433 g/mol. The number of hydrogen-bond donors (Lipinski definition) is 0. The zero-order chi connectivity index (χ0) is 22.7. The number of carbonyl (C=O) groups excluding carboxylic acids is 1. The summed E-state index contributed by atoms with van der Waals surface area (Å²) in [5.41, 5.74) is 4.50. The summed E-state index contributed by atoms with van der Waals surface area (Å²) in [6, 6.07) is 8.06. The van der Waals surface area contributed by atoms with Crippen LogP contribution in [0, 0.1) is 12.7 Å². The Balaban J connectivity index is 1.74. The minimum Gasteiger partial charge on any atom is -0.347 e. The highest BCUT2D eigenvalue weighted by molar-refractivity contribution is 5.80. The van der Waals surface area contributed by atoms with Crippen molar-refractivity contribution < 1.29 is 9.18 Å². The van der Waals surface area contributed by atoms with Crippen LogP contribution in [0.2, 0.25) is 0 Å². The summed E-state index contributed by atoms with van der Waals surface area (Å²) < 4.78 is 13.6. The zero-order valence-corrected chi connectivity index (χ0v) is 18.8. The standard InChI is InChI=1S/C25H28FN5O/c1-17-15-27-11-10-20(17)21-16-28-25(30(2)3)29-24(21)22-9-4-5-12-31(22)23(32)14-18-7-6-8-19(26)13-18/h6-8,10-11,13,15-16,22H,4-5,9,12,14H2,1-3H3. The molecule has 0 aliphatic carbocycles. The Kier molecular flexibility index (Phi) is 6.44. The second kappa shape index (κ2) is 9.42. The van der Waals surface area contributed by atoms with Crippen molar-refractivity contribution >= 4 is 11.9 Å². The van der Waals surface area contributed by atoms with E-state index in [0.29, 0.717) is 18.1 Å². The van der Waals surface area contributed by atoms with Crippen LogP contribution in [-0.2, 0) is 11.2 Å². The van der Waals surface area contributed by atoms with Gasteiger partial charge in [0.1, 0.15) is 5.82 Å². The molecule has 0 N–H and O–H groups in total. The summed E-state index contributed by atoms with van der Waals surface area (Å²) >= 11 is 0. The van der Waals surface area contributed by atoms with E-state index in [0.717, 1.165) is 41.6 Å². The van der Waals surface area contributed by atoms with Crippen molar-refractivity contribution in [3.8, 4) is 11.1 Å². The average Bonchev–Trinajstić information content (AvgIpc) is 2.79. The molecule has 0 saturated carbocycles. The number of carbonyl (C=O) groups is 1. The number of aryl methyl sites for hydroxylation is 1. The molecular formula is C25H28FN5O. The lowest BCUT2D eigenvalue weighted by atomic mass is 9.92. The molecule has 0 bridgehead atoms. The number of likely N-dealkylation sites (tertiary alicyclic amines) is 1. The minimum atomic E-state index is -0.327. The number of halogens is 1. The molecule has 1 aromatic carbocycles. The van der Waals surface area contributed by atoms with Crippen LogP contribution >= 0.6 is 0 Å². The van der Waals surface area contributed by atoms with E-state index in [-0.39, 0.29) is 24.2 Å². The fraction of sp³-hybridized carbons (Fsp3) is 0.360.